The normalized spacial score (nSPS) is 33.5. The Morgan fingerprint density at radius 3 is 2.71 bits per heavy atom. The summed E-state index contributed by atoms with van der Waals surface area (Å²) in [6.45, 7) is 6.00. The molecule has 0 spiro atoms. The Labute approximate surface area is 105 Å². The first-order chi connectivity index (χ1) is 8.18. The van der Waals surface area contributed by atoms with Crippen LogP contribution in [0.15, 0.2) is 0 Å². The highest BCUT2D eigenvalue weighted by Crippen LogP contribution is 2.36. The Bertz CT molecular complexity index is 242. The summed E-state index contributed by atoms with van der Waals surface area (Å²) in [7, 11) is 0. The molecule has 0 bridgehead atoms. The van der Waals surface area contributed by atoms with Crippen LogP contribution in [0.25, 0.3) is 0 Å². The highest BCUT2D eigenvalue weighted by atomic mass is 16.3. The van der Waals surface area contributed by atoms with Gasteiger partial charge in [-0.25, -0.2) is 0 Å². The van der Waals surface area contributed by atoms with Gasteiger partial charge in [0, 0.05) is 12.1 Å². The van der Waals surface area contributed by atoms with Gasteiger partial charge in [-0.2, -0.15) is 0 Å². The van der Waals surface area contributed by atoms with Gasteiger partial charge in [-0.1, -0.05) is 13.3 Å². The largest absolute Gasteiger partial charge is 0.394 e. The zero-order valence-electron chi connectivity index (χ0n) is 11.2. The van der Waals surface area contributed by atoms with Crippen molar-refractivity contribution >= 4 is 0 Å². The molecule has 17 heavy (non-hydrogen) atoms. The Balaban J connectivity index is 1.75. The third kappa shape index (κ3) is 3.43. The van der Waals surface area contributed by atoms with Gasteiger partial charge in [-0.15, -0.1) is 0 Å². The molecular formula is C14H28N2O. The molecule has 0 aromatic heterocycles. The molecule has 0 radical (unpaired) electrons. The standard InChI is InChI=1S/C14H28N2O/c1-2-16(10-12-5-6-12)9-7-13-4-3-8-14(13,15)11-17/h12-13,17H,2-11,15H2,1H3. The first kappa shape index (κ1) is 13.3. The Hall–Kier alpha value is -0.120. The summed E-state index contributed by atoms with van der Waals surface area (Å²) in [6, 6.07) is 0. The van der Waals surface area contributed by atoms with Crippen LogP contribution in [0.1, 0.15) is 45.4 Å². The molecule has 3 N–H and O–H groups in total. The van der Waals surface area contributed by atoms with Gasteiger partial charge >= 0.3 is 0 Å². The number of aliphatic hydroxyl groups excluding tert-OH is 1. The van der Waals surface area contributed by atoms with Gasteiger partial charge in [-0.3, -0.25) is 0 Å². The van der Waals surface area contributed by atoms with Crippen molar-refractivity contribution in [2.45, 2.75) is 51.0 Å². The smallest absolute Gasteiger partial charge is 0.0613 e. The fraction of sp³-hybridized carbons (Fsp3) is 1.00. The van der Waals surface area contributed by atoms with Crippen LogP contribution in [-0.4, -0.2) is 41.8 Å². The topological polar surface area (TPSA) is 49.5 Å². The van der Waals surface area contributed by atoms with Gasteiger partial charge in [0.15, 0.2) is 0 Å². The summed E-state index contributed by atoms with van der Waals surface area (Å²) in [5.74, 6) is 1.50. The summed E-state index contributed by atoms with van der Waals surface area (Å²) in [5.41, 5.74) is 6.00. The van der Waals surface area contributed by atoms with Crippen LogP contribution in [0.5, 0.6) is 0 Å². The SMILES string of the molecule is CCN(CCC1CCCC1(N)CO)CC1CC1. The molecule has 0 amide bonds. The van der Waals surface area contributed by atoms with E-state index in [2.05, 4.69) is 11.8 Å². The maximum absolute atomic E-state index is 9.43. The molecule has 0 aromatic carbocycles. The van der Waals surface area contributed by atoms with Crippen molar-refractivity contribution in [2.75, 3.05) is 26.2 Å². The molecule has 0 aromatic rings. The van der Waals surface area contributed by atoms with Gasteiger partial charge in [0.25, 0.3) is 0 Å². The summed E-state index contributed by atoms with van der Waals surface area (Å²) < 4.78 is 0. The van der Waals surface area contributed by atoms with Crippen molar-refractivity contribution in [3.05, 3.63) is 0 Å². The number of nitrogens with two attached hydrogens (primary N) is 1. The molecule has 100 valence electrons. The maximum atomic E-state index is 9.43. The Kier molecular flexibility index (Phi) is 4.45. The fourth-order valence-electron chi connectivity index (χ4n) is 3.19. The van der Waals surface area contributed by atoms with Crippen LogP contribution in [0.3, 0.4) is 0 Å². The third-order valence-electron chi connectivity index (χ3n) is 4.76. The van der Waals surface area contributed by atoms with Gasteiger partial charge in [0.2, 0.25) is 0 Å². The molecule has 0 aliphatic heterocycles. The average molecular weight is 240 g/mol. The van der Waals surface area contributed by atoms with E-state index in [4.69, 9.17) is 5.73 Å². The molecule has 2 saturated carbocycles. The molecule has 2 fully saturated rings. The monoisotopic (exact) mass is 240 g/mol. The lowest BCUT2D eigenvalue weighted by Crippen LogP contribution is -2.47. The number of aliphatic hydroxyl groups is 1. The minimum Gasteiger partial charge on any atom is -0.394 e. The quantitative estimate of drug-likeness (QED) is 0.710. The zero-order chi connectivity index (χ0) is 12.3. The number of nitrogens with zero attached hydrogens (tertiary/aromatic N) is 1. The van der Waals surface area contributed by atoms with Crippen LogP contribution in [-0.2, 0) is 0 Å². The molecule has 2 atom stereocenters. The summed E-state index contributed by atoms with van der Waals surface area (Å²) >= 11 is 0. The predicted molar refractivity (Wildman–Crippen MR) is 70.8 cm³/mol. The minimum absolute atomic E-state index is 0.159. The van der Waals surface area contributed by atoms with Crippen molar-refractivity contribution in [3.8, 4) is 0 Å². The minimum atomic E-state index is -0.279. The van der Waals surface area contributed by atoms with Crippen molar-refractivity contribution < 1.29 is 5.11 Å². The zero-order valence-corrected chi connectivity index (χ0v) is 11.2. The maximum Gasteiger partial charge on any atom is 0.0613 e. The fourth-order valence-corrected chi connectivity index (χ4v) is 3.19. The van der Waals surface area contributed by atoms with E-state index in [1.54, 1.807) is 0 Å². The van der Waals surface area contributed by atoms with E-state index in [0.717, 1.165) is 31.8 Å². The molecule has 2 aliphatic carbocycles. The molecule has 0 heterocycles. The first-order valence-electron chi connectivity index (χ1n) is 7.30. The molecule has 2 rings (SSSR count). The van der Waals surface area contributed by atoms with E-state index in [1.165, 1.54) is 32.2 Å². The lowest BCUT2D eigenvalue weighted by Gasteiger charge is -2.31. The van der Waals surface area contributed by atoms with E-state index >= 15 is 0 Å². The predicted octanol–water partition coefficient (Wildman–Crippen LogP) is 1.60. The lowest BCUT2D eigenvalue weighted by atomic mass is 9.86. The second kappa shape index (κ2) is 5.68. The first-order valence-corrected chi connectivity index (χ1v) is 7.30. The molecule has 3 nitrogen and oxygen atoms in total. The highest BCUT2D eigenvalue weighted by molar-refractivity contribution is 4.96. The van der Waals surface area contributed by atoms with E-state index in [-0.39, 0.29) is 12.1 Å². The van der Waals surface area contributed by atoms with Crippen LogP contribution in [0.4, 0.5) is 0 Å². The average Bonchev–Trinajstić information content (AvgIpc) is 3.08. The van der Waals surface area contributed by atoms with Gasteiger partial charge in [-0.05, 0) is 57.0 Å². The van der Waals surface area contributed by atoms with Gasteiger partial charge < -0.3 is 15.7 Å². The lowest BCUT2D eigenvalue weighted by molar-refractivity contribution is 0.144. The van der Waals surface area contributed by atoms with E-state index < -0.39 is 0 Å². The second-order valence-electron chi connectivity index (χ2n) is 6.11. The highest BCUT2D eigenvalue weighted by Gasteiger charge is 2.38. The van der Waals surface area contributed by atoms with E-state index in [0.29, 0.717) is 5.92 Å². The molecule has 2 unspecified atom stereocenters. The van der Waals surface area contributed by atoms with Gasteiger partial charge in [0.1, 0.15) is 0 Å². The number of rotatable bonds is 7. The second-order valence-corrected chi connectivity index (χ2v) is 6.11. The van der Waals surface area contributed by atoms with Crippen LogP contribution >= 0.6 is 0 Å². The van der Waals surface area contributed by atoms with Crippen LogP contribution in [0, 0.1) is 11.8 Å². The third-order valence-corrected chi connectivity index (χ3v) is 4.76. The number of hydrogen-bond donors (Lipinski definition) is 2. The molecular weight excluding hydrogens is 212 g/mol. The molecule has 3 heteroatoms. The summed E-state index contributed by atoms with van der Waals surface area (Å²) in [5, 5.41) is 9.43. The Morgan fingerprint density at radius 1 is 1.35 bits per heavy atom. The van der Waals surface area contributed by atoms with Crippen molar-refractivity contribution in [1.82, 2.24) is 4.90 Å². The summed E-state index contributed by atoms with van der Waals surface area (Å²) in [6.07, 6.45) is 7.42. The Morgan fingerprint density at radius 2 is 2.12 bits per heavy atom. The van der Waals surface area contributed by atoms with Crippen molar-refractivity contribution in [3.63, 3.8) is 0 Å². The molecule has 0 saturated heterocycles. The summed E-state index contributed by atoms with van der Waals surface area (Å²) in [4.78, 5) is 2.56. The molecule has 2 aliphatic rings. The van der Waals surface area contributed by atoms with Crippen LogP contribution < -0.4 is 5.73 Å². The van der Waals surface area contributed by atoms with Crippen LogP contribution in [0.2, 0.25) is 0 Å². The van der Waals surface area contributed by atoms with Gasteiger partial charge in [0.05, 0.1) is 6.61 Å². The number of hydrogen-bond acceptors (Lipinski definition) is 3. The van der Waals surface area contributed by atoms with E-state index in [1.807, 2.05) is 0 Å². The van der Waals surface area contributed by atoms with Crippen molar-refractivity contribution in [2.24, 2.45) is 17.6 Å². The van der Waals surface area contributed by atoms with Crippen molar-refractivity contribution in [1.29, 1.82) is 0 Å². The van der Waals surface area contributed by atoms with E-state index in [9.17, 15) is 5.11 Å².